The first-order valence-corrected chi connectivity index (χ1v) is 7.74. The molecule has 0 aliphatic carbocycles. The molecule has 1 saturated heterocycles. The summed E-state index contributed by atoms with van der Waals surface area (Å²) in [6.45, 7) is 3.20. The number of aryl methyl sites for hydroxylation is 1. The fourth-order valence-electron chi connectivity index (χ4n) is 2.78. The summed E-state index contributed by atoms with van der Waals surface area (Å²) in [5.74, 6) is -0.686. The molecule has 1 amide bonds. The lowest BCUT2D eigenvalue weighted by atomic mass is 9.98. The Labute approximate surface area is 143 Å². The van der Waals surface area contributed by atoms with Crippen molar-refractivity contribution in [2.75, 3.05) is 20.2 Å². The van der Waals surface area contributed by atoms with E-state index in [0.717, 1.165) is 30.5 Å². The maximum atomic E-state index is 12.0. The van der Waals surface area contributed by atoms with Gasteiger partial charge < -0.3 is 15.4 Å². The van der Waals surface area contributed by atoms with Crippen LogP contribution in [0.2, 0.25) is 0 Å². The fraction of sp³-hybridized carbons (Fsp3) is 0.529. The van der Waals surface area contributed by atoms with E-state index in [1.165, 1.54) is 7.11 Å². The number of nitrogens with one attached hydrogen (secondary N) is 2. The van der Waals surface area contributed by atoms with Crippen molar-refractivity contribution in [2.24, 2.45) is 5.92 Å². The van der Waals surface area contributed by atoms with Crippen LogP contribution in [0.1, 0.15) is 24.0 Å². The molecular weight excluding hydrogens is 316 g/mol. The van der Waals surface area contributed by atoms with E-state index in [2.05, 4.69) is 16.7 Å². The van der Waals surface area contributed by atoms with Crippen molar-refractivity contribution in [2.45, 2.75) is 32.2 Å². The molecule has 0 saturated carbocycles. The molecule has 1 heterocycles. The second kappa shape index (κ2) is 9.53. The molecule has 1 aromatic carbocycles. The second-order valence-electron chi connectivity index (χ2n) is 5.81. The Morgan fingerprint density at radius 3 is 2.83 bits per heavy atom. The molecule has 1 fully saturated rings. The van der Waals surface area contributed by atoms with Crippen LogP contribution in [0.4, 0.5) is 0 Å². The van der Waals surface area contributed by atoms with Gasteiger partial charge in [-0.2, -0.15) is 0 Å². The number of esters is 1. The van der Waals surface area contributed by atoms with Crippen LogP contribution < -0.4 is 10.6 Å². The van der Waals surface area contributed by atoms with Gasteiger partial charge in [-0.1, -0.05) is 29.8 Å². The molecule has 0 radical (unpaired) electrons. The average Bonchev–Trinajstić information content (AvgIpc) is 3.04. The van der Waals surface area contributed by atoms with Crippen LogP contribution in [0.15, 0.2) is 24.3 Å². The van der Waals surface area contributed by atoms with Crippen LogP contribution in [-0.4, -0.2) is 38.1 Å². The van der Waals surface area contributed by atoms with E-state index in [0.29, 0.717) is 13.0 Å². The lowest BCUT2D eigenvalue weighted by molar-refractivity contribution is -0.145. The summed E-state index contributed by atoms with van der Waals surface area (Å²) < 4.78 is 4.87. The molecule has 0 bridgehead atoms. The number of methoxy groups -OCH3 is 1. The summed E-state index contributed by atoms with van der Waals surface area (Å²) in [5, 5.41) is 6.02. The third-order valence-electron chi connectivity index (χ3n) is 4.00. The minimum Gasteiger partial charge on any atom is -0.469 e. The average molecular weight is 341 g/mol. The topological polar surface area (TPSA) is 67.4 Å². The number of amides is 1. The molecule has 1 aromatic rings. The number of rotatable bonds is 6. The lowest BCUT2D eigenvalue weighted by Gasteiger charge is -2.17. The number of carbonyl (C=O) groups excluding carboxylic acids is 2. The Bertz CT molecular complexity index is 530. The number of carbonyl (C=O) groups is 2. The van der Waals surface area contributed by atoms with Gasteiger partial charge in [-0.3, -0.25) is 9.59 Å². The van der Waals surface area contributed by atoms with E-state index in [-0.39, 0.29) is 36.2 Å². The third-order valence-corrected chi connectivity index (χ3v) is 4.00. The van der Waals surface area contributed by atoms with Gasteiger partial charge >= 0.3 is 5.97 Å². The molecule has 2 unspecified atom stereocenters. The van der Waals surface area contributed by atoms with Crippen molar-refractivity contribution in [1.29, 1.82) is 0 Å². The Kier molecular flexibility index (Phi) is 8.06. The standard InChI is InChI=1S/C17H24N2O3.ClH/c1-12-5-3-6-13(9-12)10-14(17(21)22-2)11-19-16(20)15-7-4-8-18-15;/h3,5-6,9,14-15,18H,4,7-8,10-11H2,1-2H3,(H,19,20);1H. The van der Waals surface area contributed by atoms with Crippen molar-refractivity contribution in [1.82, 2.24) is 10.6 Å². The van der Waals surface area contributed by atoms with Crippen molar-refractivity contribution >= 4 is 24.3 Å². The first-order valence-electron chi connectivity index (χ1n) is 7.74. The van der Waals surface area contributed by atoms with Gasteiger partial charge in [-0.15, -0.1) is 12.4 Å². The first kappa shape index (κ1) is 19.5. The number of benzene rings is 1. The highest BCUT2D eigenvalue weighted by Gasteiger charge is 2.25. The van der Waals surface area contributed by atoms with Crippen LogP contribution >= 0.6 is 12.4 Å². The van der Waals surface area contributed by atoms with Crippen LogP contribution in [-0.2, 0) is 20.7 Å². The fourth-order valence-corrected chi connectivity index (χ4v) is 2.78. The van der Waals surface area contributed by atoms with Gasteiger partial charge in [0.25, 0.3) is 0 Å². The van der Waals surface area contributed by atoms with Gasteiger partial charge in [0.2, 0.25) is 5.91 Å². The van der Waals surface area contributed by atoms with E-state index in [1.54, 1.807) is 0 Å². The van der Waals surface area contributed by atoms with Crippen LogP contribution in [0.25, 0.3) is 0 Å². The summed E-state index contributed by atoms with van der Waals surface area (Å²) in [4.78, 5) is 24.0. The summed E-state index contributed by atoms with van der Waals surface area (Å²) in [5.41, 5.74) is 2.23. The molecule has 2 N–H and O–H groups in total. The molecule has 5 nitrogen and oxygen atoms in total. The second-order valence-corrected chi connectivity index (χ2v) is 5.81. The molecule has 128 valence electrons. The van der Waals surface area contributed by atoms with Gasteiger partial charge in [0.1, 0.15) is 0 Å². The maximum absolute atomic E-state index is 12.0. The normalized spacial score (nSPS) is 17.9. The van der Waals surface area contributed by atoms with E-state index in [4.69, 9.17) is 4.74 Å². The van der Waals surface area contributed by atoms with Gasteiger partial charge in [0.15, 0.2) is 0 Å². The van der Waals surface area contributed by atoms with E-state index in [1.807, 2.05) is 25.1 Å². The molecule has 2 rings (SSSR count). The molecule has 1 aliphatic rings. The van der Waals surface area contributed by atoms with Crippen molar-refractivity contribution < 1.29 is 14.3 Å². The molecular formula is C17H25ClN2O3. The van der Waals surface area contributed by atoms with Crippen LogP contribution in [0.5, 0.6) is 0 Å². The summed E-state index contributed by atoms with van der Waals surface area (Å²) in [7, 11) is 1.38. The first-order chi connectivity index (χ1) is 10.6. The van der Waals surface area contributed by atoms with E-state index >= 15 is 0 Å². The number of halogens is 1. The summed E-state index contributed by atoms with van der Waals surface area (Å²) in [6, 6.07) is 7.90. The summed E-state index contributed by atoms with van der Waals surface area (Å²) >= 11 is 0. The number of ether oxygens (including phenoxy) is 1. The third kappa shape index (κ3) is 5.84. The molecule has 0 aromatic heterocycles. The molecule has 1 aliphatic heterocycles. The Morgan fingerprint density at radius 2 is 2.22 bits per heavy atom. The highest BCUT2D eigenvalue weighted by molar-refractivity contribution is 5.85. The van der Waals surface area contributed by atoms with E-state index in [9.17, 15) is 9.59 Å². The van der Waals surface area contributed by atoms with Crippen molar-refractivity contribution in [3.8, 4) is 0 Å². The quantitative estimate of drug-likeness (QED) is 0.772. The zero-order valence-electron chi connectivity index (χ0n) is 13.6. The molecule has 2 atom stereocenters. The predicted octanol–water partition coefficient (Wildman–Crippen LogP) is 1.62. The minimum absolute atomic E-state index is 0. The van der Waals surface area contributed by atoms with Crippen molar-refractivity contribution in [3.63, 3.8) is 0 Å². The Balaban J connectivity index is 0.00000264. The van der Waals surface area contributed by atoms with E-state index < -0.39 is 0 Å². The molecule has 6 heteroatoms. The van der Waals surface area contributed by atoms with Crippen LogP contribution in [0, 0.1) is 12.8 Å². The zero-order chi connectivity index (χ0) is 15.9. The molecule has 23 heavy (non-hydrogen) atoms. The molecule has 0 spiro atoms. The SMILES string of the molecule is COC(=O)C(CNC(=O)C1CCCN1)Cc1cccc(C)c1.Cl. The summed E-state index contributed by atoms with van der Waals surface area (Å²) in [6.07, 6.45) is 2.43. The van der Waals surface area contributed by atoms with Gasteiger partial charge in [-0.25, -0.2) is 0 Å². The minimum atomic E-state index is -0.364. The number of hydrogen-bond donors (Lipinski definition) is 2. The smallest absolute Gasteiger partial charge is 0.310 e. The largest absolute Gasteiger partial charge is 0.469 e. The highest BCUT2D eigenvalue weighted by Crippen LogP contribution is 2.12. The Hall–Kier alpha value is -1.59. The monoisotopic (exact) mass is 340 g/mol. The number of hydrogen-bond acceptors (Lipinski definition) is 4. The predicted molar refractivity (Wildman–Crippen MR) is 91.7 cm³/mol. The maximum Gasteiger partial charge on any atom is 0.310 e. The van der Waals surface area contributed by atoms with Crippen LogP contribution in [0.3, 0.4) is 0 Å². The van der Waals surface area contributed by atoms with Gasteiger partial charge in [0, 0.05) is 6.54 Å². The van der Waals surface area contributed by atoms with Crippen molar-refractivity contribution in [3.05, 3.63) is 35.4 Å². The van der Waals surface area contributed by atoms with Gasteiger partial charge in [-0.05, 0) is 38.3 Å². The Morgan fingerprint density at radius 1 is 1.43 bits per heavy atom. The lowest BCUT2D eigenvalue weighted by Crippen LogP contribution is -2.43. The zero-order valence-corrected chi connectivity index (χ0v) is 14.4. The van der Waals surface area contributed by atoms with Gasteiger partial charge in [0.05, 0.1) is 19.1 Å². The highest BCUT2D eigenvalue weighted by atomic mass is 35.5.